The molecule has 1 amide bonds. The minimum Gasteiger partial charge on any atom is -0.444 e. The zero-order valence-electron chi connectivity index (χ0n) is 21.1. The molecule has 0 saturated carbocycles. The molecule has 1 saturated heterocycles. The van der Waals surface area contributed by atoms with Gasteiger partial charge in [0.05, 0.1) is 12.1 Å². The first-order valence-electron chi connectivity index (χ1n) is 12.1. The lowest BCUT2D eigenvalue weighted by Crippen LogP contribution is -2.52. The van der Waals surface area contributed by atoms with Gasteiger partial charge in [-0.15, -0.1) is 0 Å². The number of nitrogens with zero attached hydrogens (tertiary/aromatic N) is 3. The molecule has 1 fully saturated rings. The zero-order chi connectivity index (χ0) is 23.3. The molecule has 0 unspecified atom stereocenters. The van der Waals surface area contributed by atoms with Crippen LogP contribution in [0.1, 0.15) is 67.2 Å². The van der Waals surface area contributed by atoms with Crippen LogP contribution in [-0.2, 0) is 4.74 Å². The number of rotatable bonds is 10. The summed E-state index contributed by atoms with van der Waals surface area (Å²) in [5.74, 6) is 0.801. The number of likely N-dealkylation sites (N-methyl/N-ethyl adjacent to an activating group) is 1. The number of carbonyl (C=O) groups excluding carboxylic acids is 1. The molecule has 0 aliphatic carbocycles. The number of hydrogen-bond acceptors (Lipinski definition) is 5. The Morgan fingerprint density at radius 2 is 1.74 bits per heavy atom. The Hall–Kier alpha value is -1.54. The summed E-state index contributed by atoms with van der Waals surface area (Å²) in [5, 5.41) is 9.85. The Labute approximate surface area is 190 Å². The van der Waals surface area contributed by atoms with Gasteiger partial charge in [0, 0.05) is 26.2 Å². The van der Waals surface area contributed by atoms with Gasteiger partial charge in [-0.2, -0.15) is 0 Å². The van der Waals surface area contributed by atoms with Gasteiger partial charge >= 0.3 is 6.09 Å². The average molecular weight is 441 g/mol. The second-order valence-electron chi connectivity index (χ2n) is 9.59. The maximum Gasteiger partial charge on any atom is 0.408 e. The van der Waals surface area contributed by atoms with E-state index in [-0.39, 0.29) is 6.09 Å². The van der Waals surface area contributed by atoms with Crippen LogP contribution in [0.3, 0.4) is 0 Å². The molecule has 1 heterocycles. The monoisotopic (exact) mass is 440 g/mol. The lowest BCUT2D eigenvalue weighted by atomic mass is 9.93. The highest BCUT2D eigenvalue weighted by Gasteiger charge is 2.30. The summed E-state index contributed by atoms with van der Waals surface area (Å²) in [5.41, 5.74) is -0.928. The van der Waals surface area contributed by atoms with Crippen LogP contribution < -0.4 is 16.0 Å². The fourth-order valence-corrected chi connectivity index (χ4v) is 3.62. The summed E-state index contributed by atoms with van der Waals surface area (Å²) < 4.78 is 5.47. The molecule has 0 aromatic carbocycles. The second kappa shape index (κ2) is 13.8. The molecule has 1 aliphatic rings. The van der Waals surface area contributed by atoms with E-state index in [1.807, 2.05) is 20.8 Å². The van der Waals surface area contributed by atoms with Gasteiger partial charge in [0.2, 0.25) is 0 Å². The van der Waals surface area contributed by atoms with Crippen molar-refractivity contribution in [1.29, 1.82) is 0 Å². The van der Waals surface area contributed by atoms with Gasteiger partial charge in [0.25, 0.3) is 0 Å². The van der Waals surface area contributed by atoms with Crippen LogP contribution in [0.15, 0.2) is 4.99 Å². The van der Waals surface area contributed by atoms with Crippen LogP contribution in [-0.4, -0.2) is 92.4 Å². The fourth-order valence-electron chi connectivity index (χ4n) is 3.62. The summed E-state index contributed by atoms with van der Waals surface area (Å²) in [6.45, 7) is 19.8. The minimum atomic E-state index is -0.514. The summed E-state index contributed by atoms with van der Waals surface area (Å²) in [6, 6.07) is 0. The molecule has 0 radical (unpaired) electrons. The Morgan fingerprint density at radius 1 is 1.03 bits per heavy atom. The molecular formula is C23H48N6O2. The van der Waals surface area contributed by atoms with Crippen molar-refractivity contribution in [3.8, 4) is 0 Å². The van der Waals surface area contributed by atoms with Crippen molar-refractivity contribution in [3.63, 3.8) is 0 Å². The molecular weight excluding hydrogens is 392 g/mol. The van der Waals surface area contributed by atoms with E-state index >= 15 is 0 Å². The third kappa shape index (κ3) is 11.6. The lowest BCUT2D eigenvalue weighted by molar-refractivity contribution is 0.0452. The van der Waals surface area contributed by atoms with Crippen LogP contribution in [0, 0.1) is 0 Å². The van der Waals surface area contributed by atoms with Crippen molar-refractivity contribution in [2.24, 2.45) is 4.99 Å². The zero-order valence-corrected chi connectivity index (χ0v) is 21.1. The topological polar surface area (TPSA) is 81.2 Å². The highest BCUT2D eigenvalue weighted by atomic mass is 16.6. The number of hydrogen-bond donors (Lipinski definition) is 3. The molecule has 8 heteroatoms. The van der Waals surface area contributed by atoms with E-state index in [2.05, 4.69) is 53.6 Å². The van der Waals surface area contributed by atoms with Gasteiger partial charge in [0.1, 0.15) is 5.60 Å². The maximum atomic E-state index is 12.3. The first-order chi connectivity index (χ1) is 14.6. The molecule has 0 aromatic heterocycles. The molecule has 31 heavy (non-hydrogen) atoms. The van der Waals surface area contributed by atoms with Gasteiger partial charge in [-0.05, 0) is 80.1 Å². The van der Waals surface area contributed by atoms with Crippen molar-refractivity contribution in [3.05, 3.63) is 0 Å². The number of alkyl carbamates (subject to hydrolysis) is 1. The van der Waals surface area contributed by atoms with E-state index in [9.17, 15) is 4.79 Å². The number of ether oxygens (including phenoxy) is 1. The molecule has 182 valence electrons. The number of amides is 1. The van der Waals surface area contributed by atoms with E-state index in [4.69, 9.17) is 9.73 Å². The lowest BCUT2D eigenvalue weighted by Gasteiger charge is -2.32. The molecule has 0 bridgehead atoms. The Kier molecular flexibility index (Phi) is 12.2. The SMILES string of the molecule is CCNC(=NCC(CC)(CC)NC(=O)OC(C)(C)C)NCCCN1CCCN(C)CC1. The second-order valence-corrected chi connectivity index (χ2v) is 9.59. The van der Waals surface area contributed by atoms with Crippen LogP contribution in [0.5, 0.6) is 0 Å². The number of carbonyl (C=O) groups is 1. The normalized spacial score (nSPS) is 17.2. The Bertz CT molecular complexity index is 543. The van der Waals surface area contributed by atoms with E-state index in [0.717, 1.165) is 57.9 Å². The standard InChI is InChI=1S/C23H48N6O2/c1-8-23(9-2,27-21(30)31-22(4,5)6)19-26-20(24-10-3)25-13-11-15-29-16-12-14-28(7)17-18-29/h8-19H2,1-7H3,(H,27,30)(H2,24,25,26). The molecule has 3 N–H and O–H groups in total. The maximum absolute atomic E-state index is 12.3. The van der Waals surface area contributed by atoms with Crippen LogP contribution in [0.2, 0.25) is 0 Å². The van der Waals surface area contributed by atoms with Crippen LogP contribution >= 0.6 is 0 Å². The van der Waals surface area contributed by atoms with Crippen molar-refractivity contribution >= 4 is 12.1 Å². The molecule has 8 nitrogen and oxygen atoms in total. The number of aliphatic imine (C=N–C) groups is 1. The van der Waals surface area contributed by atoms with E-state index in [1.54, 1.807) is 0 Å². The number of nitrogens with one attached hydrogen (secondary N) is 3. The van der Waals surface area contributed by atoms with Crippen molar-refractivity contribution in [2.75, 3.05) is 59.4 Å². The predicted octanol–water partition coefficient (Wildman–Crippen LogP) is 2.65. The quantitative estimate of drug-likeness (QED) is 0.275. The molecule has 1 aliphatic heterocycles. The summed E-state index contributed by atoms with van der Waals surface area (Å²) in [7, 11) is 2.20. The van der Waals surface area contributed by atoms with E-state index < -0.39 is 11.1 Å². The van der Waals surface area contributed by atoms with Gasteiger partial charge < -0.3 is 30.5 Å². The molecule has 0 atom stereocenters. The van der Waals surface area contributed by atoms with Gasteiger partial charge in [-0.3, -0.25) is 4.99 Å². The molecule has 1 rings (SSSR count). The van der Waals surface area contributed by atoms with Crippen molar-refractivity contribution in [1.82, 2.24) is 25.8 Å². The van der Waals surface area contributed by atoms with Gasteiger partial charge in [0.15, 0.2) is 5.96 Å². The highest BCUT2D eigenvalue weighted by molar-refractivity contribution is 5.79. The fraction of sp³-hybridized carbons (Fsp3) is 0.913. The van der Waals surface area contributed by atoms with E-state index in [0.29, 0.717) is 6.54 Å². The smallest absolute Gasteiger partial charge is 0.408 e. The molecule has 0 aromatic rings. The van der Waals surface area contributed by atoms with Crippen molar-refractivity contribution < 1.29 is 9.53 Å². The Balaban J connectivity index is 2.57. The Morgan fingerprint density at radius 3 is 2.35 bits per heavy atom. The molecule has 0 spiro atoms. The van der Waals surface area contributed by atoms with Crippen LogP contribution in [0.4, 0.5) is 4.79 Å². The largest absolute Gasteiger partial charge is 0.444 e. The number of guanidine groups is 1. The van der Waals surface area contributed by atoms with Crippen LogP contribution in [0.25, 0.3) is 0 Å². The minimum absolute atomic E-state index is 0.382. The summed E-state index contributed by atoms with van der Waals surface area (Å²) in [6.07, 6.45) is 3.52. The first kappa shape index (κ1) is 27.5. The van der Waals surface area contributed by atoms with Crippen molar-refractivity contribution in [2.45, 2.75) is 78.4 Å². The van der Waals surface area contributed by atoms with E-state index in [1.165, 1.54) is 19.5 Å². The third-order valence-electron chi connectivity index (χ3n) is 5.76. The average Bonchev–Trinajstić information content (AvgIpc) is 2.91. The summed E-state index contributed by atoms with van der Waals surface area (Å²) >= 11 is 0. The first-order valence-corrected chi connectivity index (χ1v) is 12.1. The van der Waals surface area contributed by atoms with Gasteiger partial charge in [-0.1, -0.05) is 13.8 Å². The van der Waals surface area contributed by atoms with Gasteiger partial charge in [-0.25, -0.2) is 4.79 Å². The predicted molar refractivity (Wildman–Crippen MR) is 130 cm³/mol. The highest BCUT2D eigenvalue weighted by Crippen LogP contribution is 2.17. The third-order valence-corrected chi connectivity index (χ3v) is 5.76. The summed E-state index contributed by atoms with van der Waals surface area (Å²) in [4.78, 5) is 22.1.